The van der Waals surface area contributed by atoms with Crippen molar-refractivity contribution >= 4 is 90.0 Å². The van der Waals surface area contributed by atoms with Gasteiger partial charge in [0.05, 0.1) is 44.8 Å². The summed E-state index contributed by atoms with van der Waals surface area (Å²) in [5, 5.41) is 4.28. The van der Waals surface area contributed by atoms with Crippen molar-refractivity contribution < 1.29 is 0 Å². The molecule has 8 nitrogen and oxygen atoms in total. The zero-order valence-corrected chi connectivity index (χ0v) is 34.2. The third-order valence-electron chi connectivity index (χ3n) is 12.3. The summed E-state index contributed by atoms with van der Waals surface area (Å²) in [6, 6.07) is 50.6. The van der Waals surface area contributed by atoms with E-state index in [1.807, 2.05) is 49.1 Å². The highest BCUT2D eigenvalue weighted by Crippen LogP contribution is 2.40. The first-order chi connectivity index (χ1) is 31.7. The highest BCUT2D eigenvalue weighted by molar-refractivity contribution is 6.02. The molecule has 2 aliphatic rings. The molecule has 8 heteroatoms. The molecule has 4 aromatic carbocycles. The molecular formula is C56H34N8. The molecule has 9 heterocycles. The SMILES string of the molecule is C1=Cc2nc1c(-c1ccc3cccnc3c1)c1ccc([nH]1)c(-c1ccc3cccnc3c1)c1nc(c(-c3ccc4cccnc4c3)c3ccc([nH]3)c2-c2ccc3cccnc3c2)C=C1. The first kappa shape index (κ1) is 35.8. The Morgan fingerprint density at radius 1 is 0.281 bits per heavy atom. The number of nitrogens with one attached hydrogen (secondary N) is 2. The van der Waals surface area contributed by atoms with E-state index in [1.165, 1.54) is 0 Å². The minimum Gasteiger partial charge on any atom is -0.354 e. The fourth-order valence-electron chi connectivity index (χ4n) is 9.31. The molecule has 11 aromatic rings. The lowest BCUT2D eigenvalue weighted by Gasteiger charge is -2.08. The summed E-state index contributed by atoms with van der Waals surface area (Å²) >= 11 is 0. The summed E-state index contributed by atoms with van der Waals surface area (Å²) in [5.41, 5.74) is 18.4. The van der Waals surface area contributed by atoms with Crippen LogP contribution in [0.2, 0.25) is 0 Å². The predicted octanol–water partition coefficient (Wildman–Crippen LogP) is 13.5. The Hall–Kier alpha value is -8.88. The van der Waals surface area contributed by atoms with Crippen molar-refractivity contribution in [2.75, 3.05) is 0 Å². The van der Waals surface area contributed by atoms with Gasteiger partial charge in [-0.3, -0.25) is 19.9 Å². The Morgan fingerprint density at radius 2 is 0.547 bits per heavy atom. The number of benzene rings is 4. The highest BCUT2D eigenvalue weighted by Gasteiger charge is 2.20. The number of H-pyrrole nitrogens is 2. The van der Waals surface area contributed by atoms with Crippen molar-refractivity contribution in [1.82, 2.24) is 39.9 Å². The van der Waals surface area contributed by atoms with Gasteiger partial charge in [-0.1, -0.05) is 72.8 Å². The van der Waals surface area contributed by atoms with Crippen LogP contribution in [0.15, 0.2) is 170 Å². The van der Waals surface area contributed by atoms with Crippen molar-refractivity contribution in [1.29, 1.82) is 0 Å². The summed E-state index contributed by atoms with van der Waals surface area (Å²) in [5.74, 6) is 0. The largest absolute Gasteiger partial charge is 0.354 e. The second-order valence-electron chi connectivity index (χ2n) is 16.1. The minimum atomic E-state index is 0.829. The van der Waals surface area contributed by atoms with Crippen LogP contribution in [0, 0.1) is 0 Å². The minimum absolute atomic E-state index is 0.829. The van der Waals surface area contributed by atoms with Crippen LogP contribution in [-0.2, 0) is 0 Å². The molecule has 7 aromatic heterocycles. The van der Waals surface area contributed by atoms with E-state index >= 15 is 0 Å². The average Bonchev–Trinajstić information content (AvgIpc) is 4.20. The van der Waals surface area contributed by atoms with Crippen LogP contribution in [0.25, 0.3) is 134 Å². The van der Waals surface area contributed by atoms with Gasteiger partial charge in [0.25, 0.3) is 0 Å². The van der Waals surface area contributed by atoms with Gasteiger partial charge in [-0.2, -0.15) is 0 Å². The number of nitrogens with zero attached hydrogens (tertiary/aromatic N) is 6. The molecule has 0 saturated carbocycles. The van der Waals surface area contributed by atoms with Gasteiger partial charge < -0.3 is 9.97 Å². The molecule has 8 bridgehead atoms. The first-order valence-electron chi connectivity index (χ1n) is 21.2. The average molecular weight is 819 g/mol. The van der Waals surface area contributed by atoms with E-state index in [9.17, 15) is 0 Å². The van der Waals surface area contributed by atoms with Gasteiger partial charge in [-0.05, 0) is 119 Å². The molecule has 2 aliphatic heterocycles. The zero-order valence-electron chi connectivity index (χ0n) is 34.2. The fraction of sp³-hybridized carbons (Fsp3) is 0. The number of aromatic nitrogens is 8. The van der Waals surface area contributed by atoms with E-state index in [-0.39, 0.29) is 0 Å². The fourth-order valence-corrected chi connectivity index (χ4v) is 9.31. The molecule has 0 amide bonds. The van der Waals surface area contributed by atoms with Gasteiger partial charge in [0, 0.05) is 90.7 Å². The molecule has 2 N–H and O–H groups in total. The molecule has 0 spiro atoms. The molecule has 0 saturated heterocycles. The summed E-state index contributed by atoms with van der Waals surface area (Å²) in [6.07, 6.45) is 15.9. The molecule has 64 heavy (non-hydrogen) atoms. The Labute approximate surface area is 366 Å². The third-order valence-corrected chi connectivity index (χ3v) is 12.3. The van der Waals surface area contributed by atoms with Gasteiger partial charge in [0.15, 0.2) is 0 Å². The van der Waals surface area contributed by atoms with Gasteiger partial charge in [0.1, 0.15) is 0 Å². The maximum absolute atomic E-state index is 5.52. The highest BCUT2D eigenvalue weighted by atomic mass is 14.8. The Bertz CT molecular complexity index is 3480. The molecule has 0 atom stereocenters. The lowest BCUT2D eigenvalue weighted by Crippen LogP contribution is -1.91. The number of pyridine rings is 4. The van der Waals surface area contributed by atoms with E-state index < -0.39 is 0 Å². The maximum Gasteiger partial charge on any atom is 0.0737 e. The number of hydrogen-bond acceptors (Lipinski definition) is 6. The van der Waals surface area contributed by atoms with Crippen LogP contribution in [0.5, 0.6) is 0 Å². The van der Waals surface area contributed by atoms with Crippen molar-refractivity contribution in [3.05, 3.63) is 193 Å². The van der Waals surface area contributed by atoms with Gasteiger partial charge in [-0.25, -0.2) is 9.97 Å². The van der Waals surface area contributed by atoms with Gasteiger partial charge >= 0.3 is 0 Å². The maximum atomic E-state index is 5.52. The zero-order chi connectivity index (χ0) is 42.1. The van der Waals surface area contributed by atoms with Gasteiger partial charge in [-0.15, -0.1) is 0 Å². The molecule has 13 rings (SSSR count). The van der Waals surface area contributed by atoms with E-state index in [0.717, 1.165) is 133 Å². The number of hydrogen-bond donors (Lipinski definition) is 2. The topological polar surface area (TPSA) is 109 Å². The van der Waals surface area contributed by atoms with Gasteiger partial charge in [0.2, 0.25) is 0 Å². The smallest absolute Gasteiger partial charge is 0.0737 e. The predicted molar refractivity (Wildman–Crippen MR) is 262 cm³/mol. The number of aromatic amines is 2. The monoisotopic (exact) mass is 818 g/mol. The standard InChI is InChI=1S/C56H34N8/c1-5-33-9-13-37(29-49(33)57-25-1)53-41-17-19-43(61-41)54(38-14-10-34-6-2-26-58-50(34)30-38)45-21-23-47(63-45)56(40-16-12-36-8-4-28-60-52(36)32-40)48-24-22-46(64-48)55(44-20-18-42(53)62-44)39-15-11-35-7-3-27-59-51(35)31-39/h1-32,61,64H. The quantitative estimate of drug-likeness (QED) is 0.183. The van der Waals surface area contributed by atoms with Crippen molar-refractivity contribution in [2.45, 2.75) is 0 Å². The van der Waals surface area contributed by atoms with Crippen LogP contribution in [0.4, 0.5) is 0 Å². The summed E-state index contributed by atoms with van der Waals surface area (Å²) in [4.78, 5) is 37.8. The van der Waals surface area contributed by atoms with Crippen LogP contribution < -0.4 is 0 Å². The van der Waals surface area contributed by atoms with Crippen LogP contribution in [-0.4, -0.2) is 39.9 Å². The molecule has 298 valence electrons. The summed E-state index contributed by atoms with van der Waals surface area (Å²) < 4.78 is 0. The summed E-state index contributed by atoms with van der Waals surface area (Å²) in [7, 11) is 0. The lowest BCUT2D eigenvalue weighted by molar-refractivity contribution is 1.31. The number of rotatable bonds is 4. The van der Waals surface area contributed by atoms with Crippen molar-refractivity contribution in [3.8, 4) is 44.5 Å². The molecule has 0 unspecified atom stereocenters. The van der Waals surface area contributed by atoms with E-state index in [1.54, 1.807) is 0 Å². The summed E-state index contributed by atoms with van der Waals surface area (Å²) in [6.45, 7) is 0. The Morgan fingerprint density at radius 3 is 0.812 bits per heavy atom. The molecule has 0 radical (unpaired) electrons. The Kier molecular flexibility index (Phi) is 8.04. The van der Waals surface area contributed by atoms with E-state index in [2.05, 4.69) is 156 Å². The molecule has 0 aliphatic carbocycles. The van der Waals surface area contributed by atoms with Crippen molar-refractivity contribution in [2.24, 2.45) is 0 Å². The number of fused-ring (bicyclic) bond motifs is 12. The second kappa shape index (κ2) is 14.4. The van der Waals surface area contributed by atoms with E-state index in [4.69, 9.17) is 29.9 Å². The van der Waals surface area contributed by atoms with Crippen LogP contribution in [0.3, 0.4) is 0 Å². The second-order valence-corrected chi connectivity index (χ2v) is 16.1. The van der Waals surface area contributed by atoms with Crippen LogP contribution in [0.1, 0.15) is 22.8 Å². The molecule has 0 fully saturated rings. The van der Waals surface area contributed by atoms with E-state index in [0.29, 0.717) is 0 Å². The van der Waals surface area contributed by atoms with Crippen molar-refractivity contribution in [3.63, 3.8) is 0 Å². The third kappa shape index (κ3) is 6.00. The molecular weight excluding hydrogens is 785 g/mol. The lowest BCUT2D eigenvalue weighted by atomic mass is 10.0. The van der Waals surface area contributed by atoms with Crippen LogP contribution >= 0.6 is 0 Å². The Balaban J connectivity index is 1.19. The normalized spacial score (nSPS) is 12.2. The first-order valence-corrected chi connectivity index (χ1v) is 21.2.